The van der Waals surface area contributed by atoms with E-state index in [1.165, 1.54) is 11.3 Å². The van der Waals surface area contributed by atoms with Crippen LogP contribution in [-0.4, -0.2) is 5.11 Å². The summed E-state index contributed by atoms with van der Waals surface area (Å²) in [6.07, 6.45) is -1.27. The Morgan fingerprint density at radius 1 is 1.06 bits per heavy atom. The molecule has 0 radical (unpaired) electrons. The van der Waals surface area contributed by atoms with Gasteiger partial charge in [-0.2, -0.15) is 0 Å². The number of rotatable bonds is 2. The molecule has 2 aromatic rings. The second kappa shape index (κ2) is 4.50. The van der Waals surface area contributed by atoms with E-state index in [1.807, 2.05) is 6.92 Å². The molecule has 1 aromatic carbocycles. The van der Waals surface area contributed by atoms with Crippen molar-refractivity contribution in [3.63, 3.8) is 0 Å². The third-order valence-corrected chi connectivity index (χ3v) is 3.44. The van der Waals surface area contributed by atoms with Crippen LogP contribution in [0.25, 0.3) is 0 Å². The van der Waals surface area contributed by atoms with Crippen molar-refractivity contribution in [3.05, 3.63) is 57.0 Å². The largest absolute Gasteiger partial charge is 0.383 e. The summed E-state index contributed by atoms with van der Waals surface area (Å²) in [6, 6.07) is 5.25. The fourth-order valence-electron chi connectivity index (χ4n) is 1.51. The van der Waals surface area contributed by atoms with Crippen molar-refractivity contribution in [1.82, 2.24) is 0 Å². The van der Waals surface area contributed by atoms with Crippen molar-refractivity contribution in [2.45, 2.75) is 13.0 Å². The molecule has 0 saturated heterocycles. The Hall–Kier alpha value is -1.33. The van der Waals surface area contributed by atoms with E-state index in [9.17, 15) is 18.3 Å². The monoisotopic (exact) mass is 258 g/mol. The maximum Gasteiger partial charge on any atom is 0.194 e. The van der Waals surface area contributed by atoms with Gasteiger partial charge in [0.1, 0.15) is 6.10 Å². The first-order valence-electron chi connectivity index (χ1n) is 4.88. The van der Waals surface area contributed by atoms with Gasteiger partial charge in [0.15, 0.2) is 17.5 Å². The summed E-state index contributed by atoms with van der Waals surface area (Å²) in [5.41, 5.74) is -0.259. The lowest BCUT2D eigenvalue weighted by atomic mass is 10.1. The third-order valence-electron chi connectivity index (χ3n) is 2.39. The van der Waals surface area contributed by atoms with Crippen molar-refractivity contribution in [2.24, 2.45) is 0 Å². The van der Waals surface area contributed by atoms with E-state index in [1.54, 1.807) is 12.1 Å². The fraction of sp³-hybridized carbons (Fsp3) is 0.167. The zero-order valence-corrected chi connectivity index (χ0v) is 9.69. The van der Waals surface area contributed by atoms with Crippen LogP contribution >= 0.6 is 11.3 Å². The highest BCUT2D eigenvalue weighted by atomic mass is 32.1. The first-order chi connectivity index (χ1) is 8.00. The second-order valence-electron chi connectivity index (χ2n) is 3.62. The van der Waals surface area contributed by atoms with E-state index in [-0.39, 0.29) is 5.56 Å². The lowest BCUT2D eigenvalue weighted by molar-refractivity contribution is 0.216. The molecular formula is C12H9F3OS. The van der Waals surface area contributed by atoms with Crippen LogP contribution < -0.4 is 0 Å². The van der Waals surface area contributed by atoms with Crippen LogP contribution in [0.3, 0.4) is 0 Å². The van der Waals surface area contributed by atoms with Gasteiger partial charge in [-0.25, -0.2) is 13.2 Å². The molecule has 1 aromatic heterocycles. The molecule has 0 fully saturated rings. The smallest absolute Gasteiger partial charge is 0.194 e. The van der Waals surface area contributed by atoms with Crippen molar-refractivity contribution in [1.29, 1.82) is 0 Å². The summed E-state index contributed by atoms with van der Waals surface area (Å²) >= 11 is 1.28. The summed E-state index contributed by atoms with van der Waals surface area (Å²) < 4.78 is 39.2. The average Bonchev–Trinajstić information content (AvgIpc) is 2.72. The van der Waals surface area contributed by atoms with E-state index >= 15 is 0 Å². The van der Waals surface area contributed by atoms with E-state index < -0.39 is 23.6 Å². The van der Waals surface area contributed by atoms with Crippen molar-refractivity contribution < 1.29 is 18.3 Å². The number of aliphatic hydroxyl groups is 1. The Bertz CT molecular complexity index is 551. The standard InChI is InChI=1S/C12H9F3OS/c1-6-2-5-9(17-6)12(16)7-3-4-8(13)11(15)10(7)14/h2-5,12,16H,1H3. The first kappa shape index (κ1) is 12.1. The quantitative estimate of drug-likeness (QED) is 0.817. The molecule has 0 spiro atoms. The molecule has 2 rings (SSSR count). The van der Waals surface area contributed by atoms with Crippen LogP contribution in [0, 0.1) is 24.4 Å². The highest BCUT2D eigenvalue weighted by Gasteiger charge is 2.21. The van der Waals surface area contributed by atoms with E-state index in [0.717, 1.165) is 17.0 Å². The van der Waals surface area contributed by atoms with Crippen LogP contribution in [-0.2, 0) is 0 Å². The topological polar surface area (TPSA) is 20.2 Å². The van der Waals surface area contributed by atoms with Crippen molar-refractivity contribution in [3.8, 4) is 0 Å². The van der Waals surface area contributed by atoms with Gasteiger partial charge in [0, 0.05) is 15.3 Å². The summed E-state index contributed by atoms with van der Waals surface area (Å²) in [5, 5.41) is 9.88. The average molecular weight is 258 g/mol. The van der Waals surface area contributed by atoms with Gasteiger partial charge in [0.25, 0.3) is 0 Å². The molecule has 90 valence electrons. The number of aryl methyl sites for hydroxylation is 1. The minimum atomic E-state index is -1.56. The molecule has 1 N–H and O–H groups in total. The van der Waals surface area contributed by atoms with Gasteiger partial charge in [0.05, 0.1) is 0 Å². The Morgan fingerprint density at radius 3 is 2.35 bits per heavy atom. The normalized spacial score (nSPS) is 12.8. The Kier molecular flexibility index (Phi) is 3.22. The molecule has 1 nitrogen and oxygen atoms in total. The predicted molar refractivity (Wildman–Crippen MR) is 59.4 cm³/mol. The van der Waals surface area contributed by atoms with E-state index in [4.69, 9.17) is 0 Å². The fourth-order valence-corrected chi connectivity index (χ4v) is 2.39. The lowest BCUT2D eigenvalue weighted by Crippen LogP contribution is -2.04. The molecule has 1 heterocycles. The van der Waals surface area contributed by atoms with Gasteiger partial charge in [-0.1, -0.05) is 0 Å². The second-order valence-corrected chi connectivity index (χ2v) is 4.94. The number of hydrogen-bond donors (Lipinski definition) is 1. The minimum Gasteiger partial charge on any atom is -0.383 e. The molecule has 0 aliphatic heterocycles. The van der Waals surface area contributed by atoms with E-state index in [0.29, 0.717) is 4.88 Å². The summed E-state index contributed by atoms with van der Waals surface area (Å²) in [6.45, 7) is 1.84. The molecule has 0 aliphatic rings. The zero-order chi connectivity index (χ0) is 12.6. The van der Waals surface area contributed by atoms with Gasteiger partial charge in [-0.15, -0.1) is 11.3 Å². The molecule has 5 heteroatoms. The van der Waals surface area contributed by atoms with Crippen LogP contribution in [0.4, 0.5) is 13.2 Å². The molecule has 0 amide bonds. The van der Waals surface area contributed by atoms with Crippen LogP contribution in [0.15, 0.2) is 24.3 Å². The Morgan fingerprint density at radius 2 is 1.76 bits per heavy atom. The molecule has 0 bridgehead atoms. The van der Waals surface area contributed by atoms with Crippen LogP contribution in [0.2, 0.25) is 0 Å². The molecule has 0 saturated carbocycles. The minimum absolute atomic E-state index is 0.259. The van der Waals surface area contributed by atoms with Gasteiger partial charge < -0.3 is 5.11 Å². The maximum absolute atomic E-state index is 13.4. The van der Waals surface area contributed by atoms with Gasteiger partial charge >= 0.3 is 0 Å². The first-order valence-corrected chi connectivity index (χ1v) is 5.70. The van der Waals surface area contributed by atoms with Gasteiger partial charge in [0.2, 0.25) is 0 Å². The lowest BCUT2D eigenvalue weighted by Gasteiger charge is -2.10. The molecule has 1 unspecified atom stereocenters. The van der Waals surface area contributed by atoms with E-state index in [2.05, 4.69) is 0 Å². The molecular weight excluding hydrogens is 249 g/mol. The maximum atomic E-state index is 13.4. The third kappa shape index (κ3) is 2.21. The zero-order valence-electron chi connectivity index (χ0n) is 8.88. The van der Waals surface area contributed by atoms with Crippen LogP contribution in [0.5, 0.6) is 0 Å². The predicted octanol–water partition coefficient (Wildman–Crippen LogP) is 3.56. The Labute approximate surface area is 100 Å². The summed E-state index contributed by atoms with van der Waals surface area (Å²) in [5.74, 6) is -4.17. The SMILES string of the molecule is Cc1ccc(C(O)c2ccc(F)c(F)c2F)s1. The number of thiophene rings is 1. The molecule has 1 atom stereocenters. The number of benzene rings is 1. The molecule has 17 heavy (non-hydrogen) atoms. The Balaban J connectivity index is 2.44. The van der Waals surface area contributed by atoms with Crippen molar-refractivity contribution in [2.75, 3.05) is 0 Å². The number of halogens is 3. The van der Waals surface area contributed by atoms with Gasteiger partial charge in [-0.3, -0.25) is 0 Å². The molecule has 0 aliphatic carbocycles. The van der Waals surface area contributed by atoms with Crippen molar-refractivity contribution >= 4 is 11.3 Å². The number of hydrogen-bond acceptors (Lipinski definition) is 2. The summed E-state index contributed by atoms with van der Waals surface area (Å²) in [7, 11) is 0. The summed E-state index contributed by atoms with van der Waals surface area (Å²) in [4.78, 5) is 1.44. The van der Waals surface area contributed by atoms with Crippen LogP contribution in [0.1, 0.15) is 21.4 Å². The highest BCUT2D eigenvalue weighted by molar-refractivity contribution is 7.12. The highest BCUT2D eigenvalue weighted by Crippen LogP contribution is 2.30. The van der Waals surface area contributed by atoms with Gasteiger partial charge in [-0.05, 0) is 31.2 Å². The number of aliphatic hydroxyl groups excluding tert-OH is 1.